The number of nitrogens with zero attached hydrogens (tertiary/aromatic N) is 3. The lowest BCUT2D eigenvalue weighted by Gasteiger charge is -2.42. The van der Waals surface area contributed by atoms with Crippen molar-refractivity contribution in [2.45, 2.75) is 18.9 Å². The summed E-state index contributed by atoms with van der Waals surface area (Å²) in [5.41, 5.74) is 0. The molecule has 3 aliphatic heterocycles. The molecule has 3 saturated heterocycles. The number of nitriles is 1. The molecule has 0 radical (unpaired) electrons. The predicted octanol–water partition coefficient (Wildman–Crippen LogP) is 0.607. The Morgan fingerprint density at radius 3 is 2.77 bits per heavy atom. The minimum atomic E-state index is 0.215. The van der Waals surface area contributed by atoms with Gasteiger partial charge in [0, 0.05) is 12.5 Å². The Morgan fingerprint density at radius 1 is 1.46 bits per heavy atom. The van der Waals surface area contributed by atoms with Crippen LogP contribution < -0.4 is 0 Å². The van der Waals surface area contributed by atoms with Gasteiger partial charge in [-0.15, -0.1) is 0 Å². The van der Waals surface area contributed by atoms with Crippen molar-refractivity contribution in [2.75, 3.05) is 19.6 Å². The maximum absolute atomic E-state index is 8.24. The van der Waals surface area contributed by atoms with Crippen LogP contribution in [0.5, 0.6) is 0 Å². The van der Waals surface area contributed by atoms with Crippen LogP contribution in [0, 0.1) is 17.2 Å². The molecule has 0 aromatic rings. The van der Waals surface area contributed by atoms with Gasteiger partial charge in [-0.3, -0.25) is 4.90 Å². The molecule has 1 unspecified atom stereocenters. The molecule has 2 bridgehead atoms. The average Bonchev–Trinajstić information content (AvgIpc) is 2.20. The highest BCUT2D eigenvalue weighted by Crippen LogP contribution is 2.29. The zero-order chi connectivity index (χ0) is 9.10. The van der Waals surface area contributed by atoms with Crippen molar-refractivity contribution in [3.05, 3.63) is 0 Å². The molecule has 0 spiro atoms. The van der Waals surface area contributed by atoms with Crippen molar-refractivity contribution in [1.82, 2.24) is 4.90 Å². The second kappa shape index (κ2) is 3.75. The highest BCUT2D eigenvalue weighted by atomic mass is 16.6. The van der Waals surface area contributed by atoms with E-state index in [-0.39, 0.29) is 6.10 Å². The van der Waals surface area contributed by atoms with Gasteiger partial charge in [-0.05, 0) is 25.9 Å². The van der Waals surface area contributed by atoms with E-state index in [9.17, 15) is 0 Å². The second-order valence-corrected chi connectivity index (χ2v) is 3.65. The lowest BCUT2D eigenvalue weighted by molar-refractivity contribution is -0.0674. The SMILES string of the molecule is N#CC=NOC1CN2CCC1CC2. The molecule has 70 valence electrons. The van der Waals surface area contributed by atoms with Crippen LogP contribution in [0.4, 0.5) is 0 Å². The quantitative estimate of drug-likeness (QED) is 0.461. The Morgan fingerprint density at radius 2 is 2.23 bits per heavy atom. The van der Waals surface area contributed by atoms with E-state index in [1.165, 1.54) is 25.9 Å². The van der Waals surface area contributed by atoms with Gasteiger partial charge in [-0.25, -0.2) is 0 Å². The molecule has 0 saturated carbocycles. The average molecular weight is 179 g/mol. The summed E-state index contributed by atoms with van der Waals surface area (Å²) in [4.78, 5) is 7.66. The standard InChI is InChI=1S/C9H13N3O/c10-3-4-11-13-9-7-12-5-1-8(9)2-6-12/h4,8-9H,1-2,5-7H2. The monoisotopic (exact) mass is 179 g/mol. The van der Waals surface area contributed by atoms with Crippen molar-refractivity contribution < 1.29 is 4.84 Å². The van der Waals surface area contributed by atoms with E-state index >= 15 is 0 Å². The molecule has 0 aromatic heterocycles. The molecular formula is C9H13N3O. The minimum Gasteiger partial charge on any atom is -0.390 e. The maximum Gasteiger partial charge on any atom is 0.143 e. The Labute approximate surface area is 77.8 Å². The Bertz CT molecular complexity index is 238. The van der Waals surface area contributed by atoms with Gasteiger partial charge in [0.1, 0.15) is 18.4 Å². The highest BCUT2D eigenvalue weighted by molar-refractivity contribution is 5.74. The Balaban J connectivity index is 1.87. The Hall–Kier alpha value is -1.08. The van der Waals surface area contributed by atoms with Crippen LogP contribution >= 0.6 is 0 Å². The summed E-state index contributed by atoms with van der Waals surface area (Å²) in [5, 5.41) is 11.9. The number of hydrogen-bond acceptors (Lipinski definition) is 4. The van der Waals surface area contributed by atoms with Gasteiger partial charge in [0.25, 0.3) is 0 Å². The van der Waals surface area contributed by atoms with Gasteiger partial charge in [0.05, 0.1) is 0 Å². The lowest BCUT2D eigenvalue weighted by Crippen LogP contribution is -2.50. The van der Waals surface area contributed by atoms with E-state index in [2.05, 4.69) is 10.1 Å². The van der Waals surface area contributed by atoms with E-state index in [4.69, 9.17) is 10.1 Å². The zero-order valence-corrected chi connectivity index (χ0v) is 7.52. The summed E-state index contributed by atoms with van der Waals surface area (Å²) < 4.78 is 0. The molecule has 0 aliphatic carbocycles. The highest BCUT2D eigenvalue weighted by Gasteiger charge is 2.35. The number of piperidine rings is 3. The van der Waals surface area contributed by atoms with Gasteiger partial charge in [-0.2, -0.15) is 5.26 Å². The fraction of sp³-hybridized carbons (Fsp3) is 0.778. The van der Waals surface area contributed by atoms with Gasteiger partial charge in [0.2, 0.25) is 0 Å². The molecule has 3 rings (SSSR count). The van der Waals surface area contributed by atoms with Gasteiger partial charge in [-0.1, -0.05) is 5.16 Å². The fourth-order valence-corrected chi connectivity index (χ4v) is 2.16. The van der Waals surface area contributed by atoms with E-state index in [1.807, 2.05) is 6.07 Å². The van der Waals surface area contributed by atoms with Crippen molar-refractivity contribution in [1.29, 1.82) is 5.26 Å². The first-order valence-corrected chi connectivity index (χ1v) is 4.70. The third-order valence-electron chi connectivity index (χ3n) is 2.90. The first kappa shape index (κ1) is 8.52. The van der Waals surface area contributed by atoms with Crippen LogP contribution in [0.2, 0.25) is 0 Å². The molecule has 1 atom stereocenters. The summed E-state index contributed by atoms with van der Waals surface area (Å²) in [6.45, 7) is 3.38. The lowest BCUT2D eigenvalue weighted by atomic mass is 9.86. The molecule has 13 heavy (non-hydrogen) atoms. The first-order valence-electron chi connectivity index (χ1n) is 4.70. The molecule has 3 aliphatic rings. The fourth-order valence-electron chi connectivity index (χ4n) is 2.16. The van der Waals surface area contributed by atoms with E-state index in [1.54, 1.807) is 0 Å². The molecule has 0 amide bonds. The largest absolute Gasteiger partial charge is 0.390 e. The number of oxime groups is 1. The van der Waals surface area contributed by atoms with Gasteiger partial charge >= 0.3 is 0 Å². The normalized spacial score (nSPS) is 37.6. The molecular weight excluding hydrogens is 166 g/mol. The van der Waals surface area contributed by atoms with Crippen LogP contribution in [-0.4, -0.2) is 36.9 Å². The van der Waals surface area contributed by atoms with Crippen molar-refractivity contribution in [2.24, 2.45) is 11.1 Å². The Kier molecular flexibility index (Phi) is 2.46. The zero-order valence-electron chi connectivity index (χ0n) is 7.52. The minimum absolute atomic E-state index is 0.215. The van der Waals surface area contributed by atoms with Crippen LogP contribution in [0.25, 0.3) is 0 Å². The molecule has 0 aromatic carbocycles. The summed E-state index contributed by atoms with van der Waals surface area (Å²) in [6.07, 6.45) is 3.80. The van der Waals surface area contributed by atoms with E-state index in [0.29, 0.717) is 5.92 Å². The summed E-state index contributed by atoms with van der Waals surface area (Å²) in [7, 11) is 0. The van der Waals surface area contributed by atoms with Gasteiger partial charge < -0.3 is 4.84 Å². The van der Waals surface area contributed by atoms with Crippen LogP contribution in [0.15, 0.2) is 5.16 Å². The number of rotatable bonds is 2. The topological polar surface area (TPSA) is 48.6 Å². The maximum atomic E-state index is 8.24. The number of hydrogen-bond donors (Lipinski definition) is 0. The molecule has 3 heterocycles. The third kappa shape index (κ3) is 1.81. The van der Waals surface area contributed by atoms with Crippen LogP contribution in [0.1, 0.15) is 12.8 Å². The molecule has 4 nitrogen and oxygen atoms in total. The summed E-state index contributed by atoms with van der Waals surface area (Å²) >= 11 is 0. The predicted molar refractivity (Wildman–Crippen MR) is 48.1 cm³/mol. The van der Waals surface area contributed by atoms with Crippen molar-refractivity contribution in [3.63, 3.8) is 0 Å². The van der Waals surface area contributed by atoms with Gasteiger partial charge in [0.15, 0.2) is 0 Å². The molecule has 4 heteroatoms. The third-order valence-corrected chi connectivity index (χ3v) is 2.90. The van der Waals surface area contributed by atoms with Crippen molar-refractivity contribution >= 4 is 6.21 Å². The summed E-state index contributed by atoms with van der Waals surface area (Å²) in [6, 6.07) is 1.82. The van der Waals surface area contributed by atoms with Crippen LogP contribution in [0.3, 0.4) is 0 Å². The first-order chi connectivity index (χ1) is 6.40. The molecule has 3 fully saturated rings. The van der Waals surface area contributed by atoms with Crippen LogP contribution in [-0.2, 0) is 4.84 Å². The van der Waals surface area contributed by atoms with Crippen molar-refractivity contribution in [3.8, 4) is 6.07 Å². The smallest absolute Gasteiger partial charge is 0.143 e. The van der Waals surface area contributed by atoms with E-state index < -0.39 is 0 Å². The van der Waals surface area contributed by atoms with E-state index in [0.717, 1.165) is 12.8 Å². The summed E-state index contributed by atoms with van der Waals surface area (Å²) in [5.74, 6) is 0.654. The second-order valence-electron chi connectivity index (χ2n) is 3.65. The number of fused-ring (bicyclic) bond motifs is 3. The molecule has 0 N–H and O–H groups in total.